The van der Waals surface area contributed by atoms with Gasteiger partial charge in [-0.05, 0) is 32.6 Å². The van der Waals surface area contributed by atoms with Crippen LogP contribution in [-0.2, 0) is 4.74 Å². The van der Waals surface area contributed by atoms with Crippen LogP contribution in [0, 0.1) is 12.8 Å². The van der Waals surface area contributed by atoms with Gasteiger partial charge in [0.1, 0.15) is 0 Å². The average Bonchev–Trinajstić information content (AvgIpc) is 2.94. The van der Waals surface area contributed by atoms with Crippen LogP contribution in [0.1, 0.15) is 62.1 Å². The smallest absolute Gasteiger partial charge is 0.254 e. The Morgan fingerprint density at radius 3 is 2.83 bits per heavy atom. The summed E-state index contributed by atoms with van der Waals surface area (Å²) in [4.78, 5) is 12.4. The Balaban J connectivity index is 2.01. The Hall–Kier alpha value is -1.40. The Kier molecular flexibility index (Phi) is 5.81. The number of carbonyl (C=O) groups is 1. The van der Waals surface area contributed by atoms with Crippen molar-refractivity contribution in [3.63, 3.8) is 0 Å². The SMILES string of the molecule is CCC(C)C(C)(O)CNC(=O)c1cnn(C2CCOCC2)c1C. The first-order valence-electron chi connectivity index (χ1n) is 8.49. The van der Waals surface area contributed by atoms with Gasteiger partial charge in [0.15, 0.2) is 0 Å². The van der Waals surface area contributed by atoms with Crippen molar-refractivity contribution in [3.05, 3.63) is 17.5 Å². The van der Waals surface area contributed by atoms with E-state index in [0.29, 0.717) is 11.6 Å². The fourth-order valence-electron chi connectivity index (χ4n) is 2.91. The molecule has 1 aromatic heterocycles. The van der Waals surface area contributed by atoms with Gasteiger partial charge < -0.3 is 15.2 Å². The molecular formula is C17H29N3O3. The number of aliphatic hydroxyl groups is 1. The molecule has 2 N–H and O–H groups in total. The lowest BCUT2D eigenvalue weighted by molar-refractivity contribution is 0.00591. The van der Waals surface area contributed by atoms with Crippen LogP contribution in [0.15, 0.2) is 6.20 Å². The first-order chi connectivity index (χ1) is 10.9. The number of carbonyl (C=O) groups excluding carboxylic acids is 1. The Labute approximate surface area is 138 Å². The van der Waals surface area contributed by atoms with Gasteiger partial charge in [-0.3, -0.25) is 9.48 Å². The van der Waals surface area contributed by atoms with E-state index in [0.717, 1.165) is 38.2 Å². The van der Waals surface area contributed by atoms with E-state index in [1.165, 1.54) is 0 Å². The summed E-state index contributed by atoms with van der Waals surface area (Å²) in [6.45, 7) is 9.42. The summed E-state index contributed by atoms with van der Waals surface area (Å²) in [5.41, 5.74) is 0.545. The lowest BCUT2D eigenvalue weighted by Gasteiger charge is -2.29. The molecule has 2 rings (SSSR count). The van der Waals surface area contributed by atoms with Crippen LogP contribution >= 0.6 is 0 Å². The Bertz CT molecular complexity index is 533. The zero-order chi connectivity index (χ0) is 17.0. The topological polar surface area (TPSA) is 76.4 Å². The van der Waals surface area contributed by atoms with E-state index in [9.17, 15) is 9.90 Å². The van der Waals surface area contributed by atoms with Gasteiger partial charge in [-0.2, -0.15) is 5.10 Å². The van der Waals surface area contributed by atoms with Gasteiger partial charge in [0.05, 0.1) is 23.4 Å². The number of hydrogen-bond acceptors (Lipinski definition) is 4. The highest BCUT2D eigenvalue weighted by Gasteiger charge is 2.28. The van der Waals surface area contributed by atoms with Crippen molar-refractivity contribution in [3.8, 4) is 0 Å². The maximum Gasteiger partial charge on any atom is 0.254 e. The molecule has 1 aliphatic rings. The molecule has 6 heteroatoms. The molecule has 6 nitrogen and oxygen atoms in total. The molecule has 0 bridgehead atoms. The van der Waals surface area contributed by atoms with Gasteiger partial charge in [-0.1, -0.05) is 20.3 Å². The minimum atomic E-state index is -0.908. The molecule has 2 atom stereocenters. The number of nitrogens with zero attached hydrogens (tertiary/aromatic N) is 2. The molecule has 0 saturated carbocycles. The van der Waals surface area contributed by atoms with Crippen molar-refractivity contribution in [2.45, 2.75) is 58.6 Å². The molecule has 1 aliphatic heterocycles. The second-order valence-corrected chi connectivity index (χ2v) is 6.78. The Morgan fingerprint density at radius 2 is 2.22 bits per heavy atom. The van der Waals surface area contributed by atoms with Crippen molar-refractivity contribution in [2.24, 2.45) is 5.92 Å². The van der Waals surface area contributed by atoms with Crippen LogP contribution in [-0.4, -0.2) is 46.2 Å². The predicted octanol–water partition coefficient (Wildman–Crippen LogP) is 2.07. The molecule has 2 unspecified atom stereocenters. The lowest BCUT2D eigenvalue weighted by atomic mass is 9.88. The van der Waals surface area contributed by atoms with Gasteiger partial charge in [-0.25, -0.2) is 0 Å². The molecule has 2 heterocycles. The highest BCUT2D eigenvalue weighted by Crippen LogP contribution is 2.23. The summed E-state index contributed by atoms with van der Waals surface area (Å²) in [6.07, 6.45) is 4.33. The normalized spacial score (nSPS) is 20.0. The van der Waals surface area contributed by atoms with E-state index in [-0.39, 0.29) is 18.4 Å². The van der Waals surface area contributed by atoms with Crippen molar-refractivity contribution in [1.29, 1.82) is 0 Å². The second-order valence-electron chi connectivity index (χ2n) is 6.78. The number of hydrogen-bond donors (Lipinski definition) is 2. The number of rotatable bonds is 6. The van der Waals surface area contributed by atoms with E-state index < -0.39 is 5.60 Å². The summed E-state index contributed by atoms with van der Waals surface area (Å²) in [6, 6.07) is 0.300. The largest absolute Gasteiger partial charge is 0.388 e. The predicted molar refractivity (Wildman–Crippen MR) is 88.5 cm³/mol. The molecule has 1 aromatic rings. The number of aromatic nitrogens is 2. The van der Waals surface area contributed by atoms with Crippen LogP contribution in [0.3, 0.4) is 0 Å². The fraction of sp³-hybridized carbons (Fsp3) is 0.765. The van der Waals surface area contributed by atoms with Crippen molar-refractivity contribution >= 4 is 5.91 Å². The van der Waals surface area contributed by atoms with Gasteiger partial charge in [-0.15, -0.1) is 0 Å². The maximum atomic E-state index is 12.4. The minimum Gasteiger partial charge on any atom is -0.388 e. The third-order valence-electron chi connectivity index (χ3n) is 5.11. The highest BCUT2D eigenvalue weighted by atomic mass is 16.5. The molecule has 130 valence electrons. The molecule has 1 amide bonds. The quantitative estimate of drug-likeness (QED) is 0.840. The van der Waals surface area contributed by atoms with Crippen molar-refractivity contribution < 1.29 is 14.6 Å². The van der Waals surface area contributed by atoms with Crippen molar-refractivity contribution in [2.75, 3.05) is 19.8 Å². The summed E-state index contributed by atoms with van der Waals surface area (Å²) in [7, 11) is 0. The summed E-state index contributed by atoms with van der Waals surface area (Å²) >= 11 is 0. The van der Waals surface area contributed by atoms with E-state index in [1.807, 2.05) is 25.5 Å². The molecule has 0 radical (unpaired) electrons. The van der Waals surface area contributed by atoms with Crippen LogP contribution < -0.4 is 5.32 Å². The fourth-order valence-corrected chi connectivity index (χ4v) is 2.91. The van der Waals surface area contributed by atoms with Crippen LogP contribution in [0.4, 0.5) is 0 Å². The lowest BCUT2D eigenvalue weighted by Crippen LogP contribution is -2.45. The molecular weight excluding hydrogens is 294 g/mol. The van der Waals surface area contributed by atoms with Gasteiger partial charge in [0.2, 0.25) is 0 Å². The first-order valence-corrected chi connectivity index (χ1v) is 8.49. The minimum absolute atomic E-state index is 0.119. The first kappa shape index (κ1) is 17.9. The third kappa shape index (κ3) is 4.12. The molecule has 0 aromatic carbocycles. The maximum absolute atomic E-state index is 12.4. The van der Waals surface area contributed by atoms with Crippen LogP contribution in [0.5, 0.6) is 0 Å². The number of ether oxygens (including phenoxy) is 1. The number of amides is 1. The standard InChI is InChI=1S/C17H29N3O3/c1-5-12(2)17(4,22)11-18-16(21)15-10-19-20(13(15)3)14-6-8-23-9-7-14/h10,12,14,22H,5-9,11H2,1-4H3,(H,18,21). The third-order valence-corrected chi connectivity index (χ3v) is 5.11. The molecule has 1 fully saturated rings. The van der Waals surface area contributed by atoms with E-state index in [4.69, 9.17) is 4.74 Å². The van der Waals surface area contributed by atoms with E-state index in [1.54, 1.807) is 13.1 Å². The van der Waals surface area contributed by atoms with Gasteiger partial charge >= 0.3 is 0 Å². The molecule has 0 aliphatic carbocycles. The van der Waals surface area contributed by atoms with E-state index in [2.05, 4.69) is 10.4 Å². The highest BCUT2D eigenvalue weighted by molar-refractivity contribution is 5.95. The molecule has 0 spiro atoms. The zero-order valence-corrected chi connectivity index (χ0v) is 14.6. The molecule has 23 heavy (non-hydrogen) atoms. The van der Waals surface area contributed by atoms with Crippen LogP contribution in [0.2, 0.25) is 0 Å². The van der Waals surface area contributed by atoms with Crippen molar-refractivity contribution in [1.82, 2.24) is 15.1 Å². The zero-order valence-electron chi connectivity index (χ0n) is 14.6. The monoisotopic (exact) mass is 323 g/mol. The summed E-state index contributed by atoms with van der Waals surface area (Å²) in [5, 5.41) is 17.6. The molecule has 1 saturated heterocycles. The van der Waals surface area contributed by atoms with Crippen LogP contribution in [0.25, 0.3) is 0 Å². The summed E-state index contributed by atoms with van der Waals surface area (Å²) in [5.74, 6) is -0.0572. The Morgan fingerprint density at radius 1 is 1.57 bits per heavy atom. The van der Waals surface area contributed by atoms with Gasteiger partial charge in [0.25, 0.3) is 5.91 Å². The summed E-state index contributed by atoms with van der Waals surface area (Å²) < 4.78 is 7.31. The number of nitrogens with one attached hydrogen (secondary N) is 1. The van der Waals surface area contributed by atoms with E-state index >= 15 is 0 Å². The van der Waals surface area contributed by atoms with Gasteiger partial charge in [0, 0.05) is 25.5 Å². The second kappa shape index (κ2) is 7.45. The average molecular weight is 323 g/mol.